The number of nitrogens with one attached hydrogen (secondary N) is 1. The molecule has 1 amide bonds. The average Bonchev–Trinajstić information content (AvgIpc) is 2.82. The molecular formula is C27H31N5O. The number of aliphatic imine (C=N–C) groups is 1. The summed E-state index contributed by atoms with van der Waals surface area (Å²) in [5.41, 5.74) is 6.39. The van der Waals surface area contributed by atoms with E-state index in [0.29, 0.717) is 18.4 Å². The molecule has 4 rings (SSSR count). The number of benzene rings is 1. The molecule has 0 saturated heterocycles. The Kier molecular flexibility index (Phi) is 7.13. The molecule has 2 aliphatic heterocycles. The van der Waals surface area contributed by atoms with Gasteiger partial charge in [-0.1, -0.05) is 36.4 Å². The summed E-state index contributed by atoms with van der Waals surface area (Å²) >= 11 is 0. The molecule has 3 heterocycles. The first kappa shape index (κ1) is 22.6. The molecule has 6 nitrogen and oxygen atoms in total. The van der Waals surface area contributed by atoms with Gasteiger partial charge in [0, 0.05) is 56.8 Å². The number of hydrogen-bond donors (Lipinski definition) is 1. The number of rotatable bonds is 7. The van der Waals surface area contributed by atoms with E-state index in [1.54, 1.807) is 6.92 Å². The van der Waals surface area contributed by atoms with Gasteiger partial charge in [0.25, 0.3) is 0 Å². The fourth-order valence-corrected chi connectivity index (χ4v) is 3.99. The summed E-state index contributed by atoms with van der Waals surface area (Å²) < 4.78 is 0. The molecule has 2 aromatic rings. The molecule has 6 heteroatoms. The Labute approximate surface area is 195 Å². The molecule has 0 fully saturated rings. The van der Waals surface area contributed by atoms with Gasteiger partial charge < -0.3 is 10.2 Å². The maximum Gasteiger partial charge on any atom is 0.216 e. The van der Waals surface area contributed by atoms with E-state index in [1.807, 2.05) is 12.4 Å². The Bertz CT molecular complexity index is 1140. The van der Waals surface area contributed by atoms with Crippen LogP contribution in [0.5, 0.6) is 0 Å². The molecule has 0 saturated carbocycles. The minimum atomic E-state index is -0.0109. The van der Waals surface area contributed by atoms with Gasteiger partial charge >= 0.3 is 0 Å². The molecule has 33 heavy (non-hydrogen) atoms. The normalized spacial score (nSPS) is 17.5. The number of dihydropyridines is 1. The Hall–Kier alpha value is -3.54. The van der Waals surface area contributed by atoms with Crippen LogP contribution in [0.2, 0.25) is 0 Å². The zero-order valence-electron chi connectivity index (χ0n) is 19.6. The number of aromatic nitrogens is 2. The quantitative estimate of drug-likeness (QED) is 0.651. The van der Waals surface area contributed by atoms with Gasteiger partial charge in [0.2, 0.25) is 5.91 Å². The van der Waals surface area contributed by atoms with E-state index in [9.17, 15) is 4.79 Å². The highest BCUT2D eigenvalue weighted by Crippen LogP contribution is 2.27. The summed E-state index contributed by atoms with van der Waals surface area (Å²) in [7, 11) is 2.08. The van der Waals surface area contributed by atoms with Crippen molar-refractivity contribution in [3.8, 4) is 11.4 Å². The van der Waals surface area contributed by atoms with E-state index in [4.69, 9.17) is 9.97 Å². The molecule has 1 aromatic heterocycles. The second-order valence-electron chi connectivity index (χ2n) is 8.67. The van der Waals surface area contributed by atoms with Crippen LogP contribution in [0, 0.1) is 0 Å². The molecule has 1 aromatic carbocycles. The molecule has 1 N–H and O–H groups in total. The van der Waals surface area contributed by atoms with Gasteiger partial charge in [0.1, 0.15) is 0 Å². The van der Waals surface area contributed by atoms with Crippen LogP contribution in [-0.4, -0.2) is 53.2 Å². The minimum Gasteiger partial charge on any atom is -0.376 e. The lowest BCUT2D eigenvalue weighted by Crippen LogP contribution is -2.21. The van der Waals surface area contributed by atoms with Crippen molar-refractivity contribution in [3.05, 3.63) is 71.7 Å². The van der Waals surface area contributed by atoms with Gasteiger partial charge in [0.15, 0.2) is 5.82 Å². The van der Waals surface area contributed by atoms with Crippen molar-refractivity contribution in [2.24, 2.45) is 4.99 Å². The Balaban J connectivity index is 1.64. The molecule has 0 bridgehead atoms. The highest BCUT2D eigenvalue weighted by Gasteiger charge is 2.15. The van der Waals surface area contributed by atoms with E-state index in [0.717, 1.165) is 53.8 Å². The number of likely N-dealkylation sites (N-methyl/N-ethyl adjacent to an activating group) is 1. The first-order valence-electron chi connectivity index (χ1n) is 11.5. The Morgan fingerprint density at radius 1 is 1.24 bits per heavy atom. The third-order valence-corrected chi connectivity index (χ3v) is 5.79. The highest BCUT2D eigenvalue weighted by atomic mass is 16.1. The molecule has 2 aliphatic rings. The molecule has 0 radical (unpaired) electrons. The van der Waals surface area contributed by atoms with Crippen LogP contribution in [0.1, 0.15) is 43.5 Å². The minimum absolute atomic E-state index is 0.0109. The number of nitrogens with zero attached hydrogens (tertiary/aromatic N) is 4. The van der Waals surface area contributed by atoms with Crippen molar-refractivity contribution >= 4 is 23.3 Å². The first-order chi connectivity index (χ1) is 16.0. The zero-order chi connectivity index (χ0) is 23.2. The summed E-state index contributed by atoms with van der Waals surface area (Å²) in [4.78, 5) is 27.7. The van der Waals surface area contributed by atoms with Gasteiger partial charge in [-0.05, 0) is 49.0 Å². The van der Waals surface area contributed by atoms with Gasteiger partial charge in [-0.2, -0.15) is 0 Å². The van der Waals surface area contributed by atoms with E-state index >= 15 is 0 Å². The van der Waals surface area contributed by atoms with Gasteiger partial charge in [-0.3, -0.25) is 9.79 Å². The lowest BCUT2D eigenvalue weighted by atomic mass is 9.99. The fraction of sp³-hybridized carbons (Fsp3) is 0.333. The Morgan fingerprint density at radius 3 is 2.85 bits per heavy atom. The lowest BCUT2D eigenvalue weighted by Gasteiger charge is -2.18. The second kappa shape index (κ2) is 10.4. The third-order valence-electron chi connectivity index (χ3n) is 5.79. The molecule has 1 atom stereocenters. The van der Waals surface area contributed by atoms with Crippen LogP contribution in [0.25, 0.3) is 22.5 Å². The smallest absolute Gasteiger partial charge is 0.216 e. The third kappa shape index (κ3) is 5.83. The number of amides is 1. The standard InChI is InChI=1S/C27H31N5O/c1-19-11-12-23(16-29-19)25-17-30-27(31-26(25)10-5-13-28-20(2)33)22-8-4-7-21(15-22)24-9-6-14-32(3)18-24/h4,6-9,12,15-19H,5,10-11,13-14H2,1-3H3,(H,28,33). The second-order valence-corrected chi connectivity index (χ2v) is 8.67. The number of carbonyl (C=O) groups is 1. The lowest BCUT2D eigenvalue weighted by molar-refractivity contribution is -0.118. The Morgan fingerprint density at radius 2 is 2.09 bits per heavy atom. The van der Waals surface area contributed by atoms with E-state index in [2.05, 4.69) is 77.9 Å². The summed E-state index contributed by atoms with van der Waals surface area (Å²) in [6.07, 6.45) is 15.0. The van der Waals surface area contributed by atoms with Crippen molar-refractivity contribution < 1.29 is 4.79 Å². The van der Waals surface area contributed by atoms with Crippen LogP contribution in [-0.2, 0) is 11.2 Å². The maximum atomic E-state index is 11.2. The van der Waals surface area contributed by atoms with Crippen LogP contribution >= 0.6 is 0 Å². The van der Waals surface area contributed by atoms with Gasteiger partial charge in [0.05, 0.1) is 11.7 Å². The average molecular weight is 442 g/mol. The van der Waals surface area contributed by atoms with Crippen molar-refractivity contribution in [2.75, 3.05) is 20.1 Å². The summed E-state index contributed by atoms with van der Waals surface area (Å²) in [6.45, 7) is 5.20. The van der Waals surface area contributed by atoms with E-state index in [-0.39, 0.29) is 5.91 Å². The van der Waals surface area contributed by atoms with Crippen LogP contribution < -0.4 is 5.32 Å². The van der Waals surface area contributed by atoms with Crippen LogP contribution in [0.3, 0.4) is 0 Å². The van der Waals surface area contributed by atoms with Crippen LogP contribution in [0.15, 0.2) is 59.9 Å². The molecule has 0 spiro atoms. The predicted octanol–water partition coefficient (Wildman–Crippen LogP) is 4.30. The van der Waals surface area contributed by atoms with Crippen molar-refractivity contribution in [1.29, 1.82) is 0 Å². The summed E-state index contributed by atoms with van der Waals surface area (Å²) in [5, 5.41) is 2.87. The number of allylic oxidation sites excluding steroid dienone is 3. The largest absolute Gasteiger partial charge is 0.376 e. The van der Waals surface area contributed by atoms with Crippen LogP contribution in [0.4, 0.5) is 0 Å². The van der Waals surface area contributed by atoms with Crippen molar-refractivity contribution in [2.45, 2.75) is 39.2 Å². The van der Waals surface area contributed by atoms with E-state index in [1.165, 1.54) is 5.57 Å². The monoisotopic (exact) mass is 441 g/mol. The topological polar surface area (TPSA) is 70.5 Å². The van der Waals surface area contributed by atoms with Gasteiger partial charge in [-0.25, -0.2) is 9.97 Å². The predicted molar refractivity (Wildman–Crippen MR) is 135 cm³/mol. The molecule has 1 unspecified atom stereocenters. The van der Waals surface area contributed by atoms with E-state index < -0.39 is 0 Å². The van der Waals surface area contributed by atoms with Crippen molar-refractivity contribution in [3.63, 3.8) is 0 Å². The summed E-state index contributed by atoms with van der Waals surface area (Å²) in [6, 6.07) is 8.68. The fourth-order valence-electron chi connectivity index (χ4n) is 3.99. The molecule has 0 aliphatic carbocycles. The zero-order valence-corrected chi connectivity index (χ0v) is 19.6. The number of carbonyl (C=O) groups excluding carboxylic acids is 1. The highest BCUT2D eigenvalue weighted by molar-refractivity contribution is 6.10. The number of hydrogen-bond acceptors (Lipinski definition) is 5. The molecular weight excluding hydrogens is 410 g/mol. The first-order valence-corrected chi connectivity index (χ1v) is 11.5. The maximum absolute atomic E-state index is 11.2. The summed E-state index contributed by atoms with van der Waals surface area (Å²) in [5.74, 6) is 0.703. The SMILES string of the molecule is CC(=O)NCCCc1nc(-c2cccc(C3=CN(C)CC=C3)c2)ncc1C1=CCC(C)N=C1. The van der Waals surface area contributed by atoms with Gasteiger partial charge in [-0.15, -0.1) is 0 Å². The van der Waals surface area contributed by atoms with Crippen molar-refractivity contribution in [1.82, 2.24) is 20.2 Å². The number of aryl methyl sites for hydroxylation is 1. The molecule has 170 valence electrons.